The maximum absolute atomic E-state index is 12.1. The van der Waals surface area contributed by atoms with Crippen LogP contribution >= 0.6 is 0 Å². The van der Waals surface area contributed by atoms with Gasteiger partial charge in [0.2, 0.25) is 0 Å². The lowest BCUT2D eigenvalue weighted by atomic mass is 10.00. The number of nitrogens with zero attached hydrogens (tertiary/aromatic N) is 3. The van der Waals surface area contributed by atoms with Gasteiger partial charge >= 0.3 is 0 Å². The Balaban J connectivity index is 1.56. The van der Waals surface area contributed by atoms with Crippen LogP contribution in [0, 0.1) is 0 Å². The fraction of sp³-hybridized carbons (Fsp3) is 0.500. The molecule has 6 heteroatoms. The Morgan fingerprint density at radius 1 is 1.15 bits per heavy atom. The van der Waals surface area contributed by atoms with Gasteiger partial charge in [0, 0.05) is 50.4 Å². The zero-order chi connectivity index (χ0) is 17.9. The number of aromatic nitrogens is 2. The van der Waals surface area contributed by atoms with Crippen LogP contribution in [0.15, 0.2) is 29.1 Å². The summed E-state index contributed by atoms with van der Waals surface area (Å²) in [6, 6.07) is 8.56. The topological polar surface area (TPSA) is 64.3 Å². The van der Waals surface area contributed by atoms with Gasteiger partial charge in [-0.2, -0.15) is 5.10 Å². The lowest BCUT2D eigenvalue weighted by Crippen LogP contribution is -2.45. The number of H-pyrrole nitrogens is 1. The average Bonchev–Trinajstić information content (AvgIpc) is 2.69. The van der Waals surface area contributed by atoms with Gasteiger partial charge in [-0.05, 0) is 31.0 Å². The number of aromatic amines is 1. The van der Waals surface area contributed by atoms with Crippen molar-refractivity contribution in [2.75, 3.05) is 44.6 Å². The number of fused-ring (bicyclic) bond motifs is 1. The number of piperazine rings is 1. The number of hydrogen-bond acceptors (Lipinski definition) is 5. The largest absolute Gasteiger partial charge is 0.383 e. The molecule has 0 unspecified atom stereocenters. The minimum atomic E-state index is -0.0686. The van der Waals surface area contributed by atoms with Crippen molar-refractivity contribution in [3.63, 3.8) is 0 Å². The first kappa shape index (κ1) is 17.2. The van der Waals surface area contributed by atoms with Gasteiger partial charge in [0.15, 0.2) is 0 Å². The summed E-state index contributed by atoms with van der Waals surface area (Å²) in [4.78, 5) is 17.1. The Morgan fingerprint density at radius 2 is 1.96 bits per heavy atom. The van der Waals surface area contributed by atoms with Gasteiger partial charge in [-0.25, -0.2) is 5.10 Å². The van der Waals surface area contributed by atoms with E-state index in [9.17, 15) is 4.79 Å². The van der Waals surface area contributed by atoms with E-state index in [4.69, 9.17) is 0 Å². The molecule has 1 aromatic heterocycles. The molecule has 138 valence electrons. The fourth-order valence-electron chi connectivity index (χ4n) is 3.94. The molecule has 0 saturated carbocycles. The molecule has 0 bridgehead atoms. The molecule has 0 aliphatic carbocycles. The first-order chi connectivity index (χ1) is 12.7. The van der Waals surface area contributed by atoms with Crippen LogP contribution < -0.4 is 10.9 Å². The Kier molecular flexibility index (Phi) is 5.04. The number of hydrogen-bond donors (Lipinski definition) is 2. The molecule has 2 aliphatic heterocycles. The highest BCUT2D eigenvalue weighted by Crippen LogP contribution is 2.30. The van der Waals surface area contributed by atoms with E-state index < -0.39 is 0 Å². The summed E-state index contributed by atoms with van der Waals surface area (Å²) in [7, 11) is 0. The van der Waals surface area contributed by atoms with Crippen LogP contribution in [-0.2, 0) is 13.0 Å². The molecular formula is C20H27N5O. The molecule has 0 atom stereocenters. The molecule has 6 nitrogen and oxygen atoms in total. The van der Waals surface area contributed by atoms with Crippen molar-refractivity contribution in [3.05, 3.63) is 45.7 Å². The second-order valence-electron chi connectivity index (χ2n) is 7.20. The van der Waals surface area contributed by atoms with E-state index in [0.29, 0.717) is 0 Å². The van der Waals surface area contributed by atoms with Gasteiger partial charge in [0.05, 0.1) is 5.69 Å². The molecule has 0 radical (unpaired) electrons. The van der Waals surface area contributed by atoms with Crippen LogP contribution in [0.4, 0.5) is 5.69 Å². The number of rotatable bonds is 4. The summed E-state index contributed by atoms with van der Waals surface area (Å²) in [6.45, 7) is 9.75. The smallest absolute Gasteiger partial charge is 0.269 e. The third-order valence-corrected chi connectivity index (χ3v) is 5.51. The summed E-state index contributed by atoms with van der Waals surface area (Å²) in [6.07, 6.45) is 1.80. The lowest BCUT2D eigenvalue weighted by molar-refractivity contribution is 0.132. The summed E-state index contributed by atoms with van der Waals surface area (Å²) < 4.78 is 0. The van der Waals surface area contributed by atoms with Crippen LogP contribution in [0.25, 0.3) is 11.3 Å². The maximum atomic E-state index is 12.1. The van der Waals surface area contributed by atoms with Crippen molar-refractivity contribution in [1.29, 1.82) is 0 Å². The van der Waals surface area contributed by atoms with E-state index in [1.807, 2.05) is 0 Å². The SMILES string of the molecule is CCN1CCN(Cc2cccc(-c3n[nH]c(=O)c4c3NCCC4)c2)CC1. The molecule has 3 heterocycles. The molecule has 4 rings (SSSR count). The average molecular weight is 353 g/mol. The van der Waals surface area contributed by atoms with E-state index in [1.165, 1.54) is 5.56 Å². The van der Waals surface area contributed by atoms with Gasteiger partial charge in [-0.3, -0.25) is 9.69 Å². The molecule has 26 heavy (non-hydrogen) atoms. The second kappa shape index (κ2) is 7.60. The third-order valence-electron chi connectivity index (χ3n) is 5.51. The van der Waals surface area contributed by atoms with Crippen molar-refractivity contribution in [2.24, 2.45) is 0 Å². The molecule has 1 saturated heterocycles. The number of anilines is 1. The van der Waals surface area contributed by atoms with Gasteiger partial charge in [0.25, 0.3) is 5.56 Å². The molecule has 0 amide bonds. The maximum Gasteiger partial charge on any atom is 0.269 e. The van der Waals surface area contributed by atoms with Gasteiger partial charge in [-0.15, -0.1) is 0 Å². The summed E-state index contributed by atoms with van der Waals surface area (Å²) in [5, 5.41) is 10.4. The number of likely N-dealkylation sites (N-methyl/N-ethyl adjacent to an activating group) is 1. The monoisotopic (exact) mass is 353 g/mol. The minimum Gasteiger partial charge on any atom is -0.383 e. The van der Waals surface area contributed by atoms with E-state index in [2.05, 4.69) is 56.5 Å². The van der Waals surface area contributed by atoms with Crippen LogP contribution in [0.3, 0.4) is 0 Å². The van der Waals surface area contributed by atoms with Crippen molar-refractivity contribution >= 4 is 5.69 Å². The van der Waals surface area contributed by atoms with E-state index in [-0.39, 0.29) is 5.56 Å². The van der Waals surface area contributed by atoms with Crippen molar-refractivity contribution in [1.82, 2.24) is 20.0 Å². The zero-order valence-corrected chi connectivity index (χ0v) is 15.4. The third kappa shape index (κ3) is 3.52. The van der Waals surface area contributed by atoms with Crippen LogP contribution in [0.5, 0.6) is 0 Å². The fourth-order valence-corrected chi connectivity index (χ4v) is 3.94. The Bertz CT molecular complexity index is 823. The standard InChI is InChI=1S/C20H27N5O/c1-2-24-9-11-25(12-10-24)14-15-5-3-6-16(13-15)18-19-17(7-4-8-21-19)20(26)23-22-18/h3,5-6,13,21H,2,4,7-12,14H2,1H3,(H,23,26). The summed E-state index contributed by atoms with van der Waals surface area (Å²) in [5.74, 6) is 0. The quantitative estimate of drug-likeness (QED) is 0.879. The normalized spacial score (nSPS) is 18.3. The van der Waals surface area contributed by atoms with Crippen molar-refractivity contribution < 1.29 is 0 Å². The van der Waals surface area contributed by atoms with Crippen LogP contribution in [0.1, 0.15) is 24.5 Å². The molecule has 2 aliphatic rings. The Morgan fingerprint density at radius 3 is 2.77 bits per heavy atom. The van der Waals surface area contributed by atoms with Gasteiger partial charge < -0.3 is 10.2 Å². The first-order valence-electron chi connectivity index (χ1n) is 9.64. The molecular weight excluding hydrogens is 326 g/mol. The van der Waals surface area contributed by atoms with E-state index in [1.54, 1.807) is 0 Å². The van der Waals surface area contributed by atoms with Crippen molar-refractivity contribution in [2.45, 2.75) is 26.3 Å². The molecule has 1 fully saturated rings. The highest BCUT2D eigenvalue weighted by molar-refractivity contribution is 5.77. The molecule has 0 spiro atoms. The lowest BCUT2D eigenvalue weighted by Gasteiger charge is -2.34. The predicted octanol–water partition coefficient (Wildman–Crippen LogP) is 1.93. The molecule has 2 N–H and O–H groups in total. The predicted molar refractivity (Wildman–Crippen MR) is 104 cm³/mol. The van der Waals surface area contributed by atoms with Gasteiger partial charge in [-0.1, -0.05) is 25.1 Å². The number of nitrogens with one attached hydrogen (secondary N) is 2. The summed E-state index contributed by atoms with van der Waals surface area (Å²) in [5.41, 5.74) is 4.90. The number of benzene rings is 1. The highest BCUT2D eigenvalue weighted by atomic mass is 16.1. The summed E-state index contributed by atoms with van der Waals surface area (Å²) >= 11 is 0. The first-order valence-corrected chi connectivity index (χ1v) is 9.64. The minimum absolute atomic E-state index is 0.0686. The molecule has 1 aromatic carbocycles. The zero-order valence-electron chi connectivity index (χ0n) is 15.4. The van der Waals surface area contributed by atoms with E-state index >= 15 is 0 Å². The second-order valence-corrected chi connectivity index (χ2v) is 7.20. The van der Waals surface area contributed by atoms with Crippen molar-refractivity contribution in [3.8, 4) is 11.3 Å². The van der Waals surface area contributed by atoms with Crippen LogP contribution in [-0.4, -0.2) is 59.3 Å². The Labute approximate surface area is 154 Å². The Hall–Kier alpha value is -2.18. The van der Waals surface area contributed by atoms with Crippen LogP contribution in [0.2, 0.25) is 0 Å². The molecule has 2 aromatic rings. The van der Waals surface area contributed by atoms with E-state index in [0.717, 1.165) is 81.2 Å². The highest BCUT2D eigenvalue weighted by Gasteiger charge is 2.19. The van der Waals surface area contributed by atoms with Gasteiger partial charge in [0.1, 0.15) is 5.69 Å².